The van der Waals surface area contributed by atoms with Gasteiger partial charge in [-0.25, -0.2) is 0 Å². The molecule has 2 heterocycles. The molecule has 0 aromatic carbocycles. The van der Waals surface area contributed by atoms with Gasteiger partial charge in [-0.1, -0.05) is 25.8 Å². The Labute approximate surface area is 145 Å². The van der Waals surface area contributed by atoms with Crippen molar-refractivity contribution in [1.82, 2.24) is 0 Å². The summed E-state index contributed by atoms with van der Waals surface area (Å²) >= 11 is 3.19. The van der Waals surface area contributed by atoms with E-state index in [2.05, 4.69) is 18.3 Å². The number of hydrogen-bond acceptors (Lipinski definition) is 4. The highest BCUT2D eigenvalue weighted by Crippen LogP contribution is 2.40. The van der Waals surface area contributed by atoms with Crippen molar-refractivity contribution in [3.63, 3.8) is 0 Å². The first-order valence-corrected chi connectivity index (χ1v) is 9.77. The number of thiophene rings is 2. The summed E-state index contributed by atoms with van der Waals surface area (Å²) in [5.74, 6) is 0.694. The van der Waals surface area contributed by atoms with Crippen LogP contribution in [0.25, 0.3) is 0 Å². The zero-order valence-electron chi connectivity index (χ0n) is 13.2. The maximum Gasteiger partial charge on any atom is 0.230 e. The number of nitriles is 1. The molecule has 2 aromatic heterocycles. The first-order chi connectivity index (χ1) is 11.2. The van der Waals surface area contributed by atoms with Crippen LogP contribution < -0.4 is 5.32 Å². The first kappa shape index (κ1) is 16.2. The highest BCUT2D eigenvalue weighted by Gasteiger charge is 2.26. The van der Waals surface area contributed by atoms with E-state index < -0.39 is 0 Å². The Bertz CT molecular complexity index is 725. The summed E-state index contributed by atoms with van der Waals surface area (Å²) in [7, 11) is 0. The topological polar surface area (TPSA) is 52.9 Å². The van der Waals surface area contributed by atoms with Crippen LogP contribution in [0.2, 0.25) is 0 Å². The zero-order chi connectivity index (χ0) is 16.2. The molecule has 1 amide bonds. The highest BCUT2D eigenvalue weighted by molar-refractivity contribution is 7.16. The Morgan fingerprint density at radius 2 is 2.39 bits per heavy atom. The van der Waals surface area contributed by atoms with Crippen LogP contribution in [0.4, 0.5) is 5.00 Å². The number of rotatable bonds is 5. The van der Waals surface area contributed by atoms with Crippen molar-refractivity contribution in [2.24, 2.45) is 5.92 Å². The number of amides is 1. The Kier molecular flexibility index (Phi) is 5.14. The van der Waals surface area contributed by atoms with Gasteiger partial charge in [-0.2, -0.15) is 5.26 Å². The summed E-state index contributed by atoms with van der Waals surface area (Å²) in [5.41, 5.74) is 1.87. The van der Waals surface area contributed by atoms with Gasteiger partial charge in [0, 0.05) is 9.75 Å². The van der Waals surface area contributed by atoms with Gasteiger partial charge >= 0.3 is 0 Å². The molecule has 0 spiro atoms. The lowest BCUT2D eigenvalue weighted by molar-refractivity contribution is -0.115. The van der Waals surface area contributed by atoms with Crippen molar-refractivity contribution in [2.75, 3.05) is 5.32 Å². The number of anilines is 1. The van der Waals surface area contributed by atoms with Gasteiger partial charge in [0.05, 0.1) is 12.0 Å². The van der Waals surface area contributed by atoms with Crippen LogP contribution in [0.5, 0.6) is 0 Å². The molecule has 1 N–H and O–H groups in total. The fourth-order valence-electron chi connectivity index (χ4n) is 3.26. The van der Waals surface area contributed by atoms with Crippen molar-refractivity contribution in [3.8, 4) is 6.07 Å². The average Bonchev–Trinajstić information content (AvgIpc) is 3.14. The van der Waals surface area contributed by atoms with Gasteiger partial charge in [0.2, 0.25) is 5.91 Å². The third-order valence-corrected chi connectivity index (χ3v) is 6.39. The van der Waals surface area contributed by atoms with E-state index in [0.717, 1.165) is 35.1 Å². The Balaban J connectivity index is 1.75. The van der Waals surface area contributed by atoms with Crippen LogP contribution in [-0.4, -0.2) is 5.91 Å². The summed E-state index contributed by atoms with van der Waals surface area (Å²) in [6.45, 7) is 2.22. The summed E-state index contributed by atoms with van der Waals surface area (Å²) < 4.78 is 0. The van der Waals surface area contributed by atoms with Gasteiger partial charge in [0.25, 0.3) is 0 Å². The molecule has 1 atom stereocenters. The maximum atomic E-state index is 12.2. The van der Waals surface area contributed by atoms with Gasteiger partial charge in [-0.05, 0) is 42.2 Å². The standard InChI is InChI=1S/C18H20N2OS2/c1-2-4-12-6-7-14-15(11-19)18(23-16(14)9-12)20-17(21)10-13-5-3-8-22-13/h3,5,8,12H,2,4,6-7,9-10H2,1H3,(H,20,21)/t12-/m1/s1. The largest absolute Gasteiger partial charge is 0.316 e. The van der Waals surface area contributed by atoms with Gasteiger partial charge in [-0.15, -0.1) is 22.7 Å². The van der Waals surface area contributed by atoms with E-state index in [1.54, 1.807) is 22.7 Å². The van der Waals surface area contributed by atoms with Crippen LogP contribution in [0, 0.1) is 17.2 Å². The summed E-state index contributed by atoms with van der Waals surface area (Å²) in [5, 5.41) is 15.2. The normalized spacial score (nSPS) is 16.6. The number of carbonyl (C=O) groups is 1. The molecule has 0 saturated heterocycles. The van der Waals surface area contributed by atoms with Gasteiger partial charge in [0.1, 0.15) is 11.1 Å². The average molecular weight is 345 g/mol. The second-order valence-corrected chi connectivity index (χ2v) is 8.16. The molecule has 0 fully saturated rings. The number of hydrogen-bond donors (Lipinski definition) is 1. The molecule has 0 saturated carbocycles. The summed E-state index contributed by atoms with van der Waals surface area (Å²) in [6, 6.07) is 6.23. The lowest BCUT2D eigenvalue weighted by Gasteiger charge is -2.21. The van der Waals surface area contributed by atoms with Gasteiger partial charge < -0.3 is 5.32 Å². The van der Waals surface area contributed by atoms with E-state index >= 15 is 0 Å². The number of nitrogens with zero attached hydrogens (tertiary/aromatic N) is 1. The Morgan fingerprint density at radius 1 is 1.52 bits per heavy atom. The molecule has 3 nitrogen and oxygen atoms in total. The quantitative estimate of drug-likeness (QED) is 0.849. The molecule has 0 aliphatic heterocycles. The van der Waals surface area contributed by atoms with Crippen LogP contribution >= 0.6 is 22.7 Å². The molecule has 1 aliphatic carbocycles. The van der Waals surface area contributed by atoms with E-state index in [1.165, 1.54) is 23.3 Å². The molecule has 2 aromatic rings. The number of fused-ring (bicyclic) bond motifs is 1. The minimum Gasteiger partial charge on any atom is -0.316 e. The lowest BCUT2D eigenvalue weighted by Crippen LogP contribution is -2.14. The minimum atomic E-state index is -0.0346. The minimum absolute atomic E-state index is 0.0346. The summed E-state index contributed by atoms with van der Waals surface area (Å²) in [4.78, 5) is 14.6. The van der Waals surface area contributed by atoms with Crippen LogP contribution in [0.3, 0.4) is 0 Å². The van der Waals surface area contributed by atoms with Crippen molar-refractivity contribution >= 4 is 33.6 Å². The van der Waals surface area contributed by atoms with Crippen molar-refractivity contribution in [3.05, 3.63) is 38.4 Å². The molecule has 0 bridgehead atoms. The molecule has 0 unspecified atom stereocenters. The maximum absolute atomic E-state index is 12.2. The van der Waals surface area contributed by atoms with Crippen LogP contribution in [0.15, 0.2) is 17.5 Å². The second-order valence-electron chi connectivity index (χ2n) is 6.02. The number of carbonyl (C=O) groups excluding carboxylic acids is 1. The summed E-state index contributed by atoms with van der Waals surface area (Å²) in [6.07, 6.45) is 6.03. The van der Waals surface area contributed by atoms with Gasteiger partial charge in [0.15, 0.2) is 0 Å². The van der Waals surface area contributed by atoms with Crippen molar-refractivity contribution < 1.29 is 4.79 Å². The third kappa shape index (κ3) is 3.65. The van der Waals surface area contributed by atoms with E-state index in [-0.39, 0.29) is 5.91 Å². The highest BCUT2D eigenvalue weighted by atomic mass is 32.1. The Morgan fingerprint density at radius 3 is 3.09 bits per heavy atom. The van der Waals surface area contributed by atoms with E-state index in [9.17, 15) is 10.1 Å². The molecule has 23 heavy (non-hydrogen) atoms. The molecular formula is C18H20N2OS2. The predicted octanol–water partition coefficient (Wildman–Crippen LogP) is 4.77. The Hall–Kier alpha value is -1.64. The van der Waals surface area contributed by atoms with Crippen molar-refractivity contribution in [2.45, 2.75) is 45.4 Å². The second kappa shape index (κ2) is 7.29. The lowest BCUT2D eigenvalue weighted by atomic mass is 9.85. The fraction of sp³-hybridized carbons (Fsp3) is 0.444. The number of nitrogens with one attached hydrogen (secondary N) is 1. The fourth-order valence-corrected chi connectivity index (χ4v) is 5.29. The molecule has 1 aliphatic rings. The molecule has 0 radical (unpaired) electrons. The van der Waals surface area contributed by atoms with Crippen LogP contribution in [-0.2, 0) is 24.1 Å². The van der Waals surface area contributed by atoms with E-state index in [1.807, 2.05) is 17.5 Å². The SMILES string of the molecule is CCC[C@@H]1CCc2c(sc(NC(=O)Cc3cccs3)c2C#N)C1. The van der Waals surface area contributed by atoms with E-state index in [0.29, 0.717) is 12.0 Å². The molecule has 5 heteroatoms. The van der Waals surface area contributed by atoms with Crippen LogP contribution in [0.1, 0.15) is 47.1 Å². The van der Waals surface area contributed by atoms with E-state index in [4.69, 9.17) is 0 Å². The zero-order valence-corrected chi connectivity index (χ0v) is 14.9. The predicted molar refractivity (Wildman–Crippen MR) is 96.1 cm³/mol. The smallest absolute Gasteiger partial charge is 0.230 e. The third-order valence-electron chi connectivity index (χ3n) is 4.34. The molecule has 120 valence electrons. The first-order valence-electron chi connectivity index (χ1n) is 8.08. The van der Waals surface area contributed by atoms with Gasteiger partial charge in [-0.3, -0.25) is 4.79 Å². The molecular weight excluding hydrogens is 324 g/mol. The molecule has 3 rings (SSSR count). The van der Waals surface area contributed by atoms with Crippen molar-refractivity contribution in [1.29, 1.82) is 5.26 Å². The monoisotopic (exact) mass is 344 g/mol.